The van der Waals surface area contributed by atoms with Crippen LogP contribution in [0.4, 0.5) is 5.82 Å². The van der Waals surface area contributed by atoms with E-state index in [-0.39, 0.29) is 23.6 Å². The molecular formula is C27H38N6O5. The number of benzene rings is 1. The van der Waals surface area contributed by atoms with E-state index in [1.165, 1.54) is 12.7 Å². The number of anilines is 1. The normalized spacial score (nSPS) is 22.9. The van der Waals surface area contributed by atoms with Crippen molar-refractivity contribution in [1.29, 1.82) is 0 Å². The molecule has 2 aromatic heterocycles. The fourth-order valence-corrected chi connectivity index (χ4v) is 4.94. The van der Waals surface area contributed by atoms with E-state index in [9.17, 15) is 15.0 Å². The second kappa shape index (κ2) is 12.5. The van der Waals surface area contributed by atoms with Gasteiger partial charge in [0, 0.05) is 12.5 Å². The number of aliphatic hydroxyl groups excluding tert-OH is 2. The third-order valence-corrected chi connectivity index (χ3v) is 7.47. The molecule has 3 aromatic rings. The van der Waals surface area contributed by atoms with Gasteiger partial charge >= 0.3 is 0 Å². The number of fused-ring (bicyclic) bond motifs is 1. The molecule has 0 saturated carbocycles. The maximum Gasteiger partial charge on any atom is 0.222 e. The second-order valence-electron chi connectivity index (χ2n) is 10.0. The minimum Gasteiger partial charge on any atom is -0.497 e. The minimum absolute atomic E-state index is 0.0363. The Balaban J connectivity index is 1.26. The molecule has 38 heavy (non-hydrogen) atoms. The Morgan fingerprint density at radius 3 is 2.66 bits per heavy atom. The average Bonchev–Trinajstić information content (AvgIpc) is 3.48. The Labute approximate surface area is 222 Å². The first-order valence-electron chi connectivity index (χ1n) is 13.2. The summed E-state index contributed by atoms with van der Waals surface area (Å²) in [5.74, 6) is 1.19. The summed E-state index contributed by atoms with van der Waals surface area (Å²) < 4.78 is 12.9. The van der Waals surface area contributed by atoms with Crippen molar-refractivity contribution in [2.45, 2.75) is 70.5 Å². The summed E-state index contributed by atoms with van der Waals surface area (Å²) >= 11 is 0. The van der Waals surface area contributed by atoms with E-state index in [1.54, 1.807) is 11.7 Å². The third-order valence-electron chi connectivity index (χ3n) is 7.47. The predicted molar refractivity (Wildman–Crippen MR) is 142 cm³/mol. The summed E-state index contributed by atoms with van der Waals surface area (Å²) in [6.07, 6.45) is 2.99. The van der Waals surface area contributed by atoms with Gasteiger partial charge in [0.2, 0.25) is 5.91 Å². The van der Waals surface area contributed by atoms with E-state index < -0.39 is 24.5 Å². The number of hydrogen-bond donors (Lipinski definition) is 4. The summed E-state index contributed by atoms with van der Waals surface area (Å²) in [6.45, 7) is 4.60. The van der Waals surface area contributed by atoms with Crippen LogP contribution in [0.3, 0.4) is 0 Å². The zero-order valence-electron chi connectivity index (χ0n) is 22.2. The summed E-state index contributed by atoms with van der Waals surface area (Å²) in [6, 6.07) is 7.83. The van der Waals surface area contributed by atoms with Crippen molar-refractivity contribution in [3.8, 4) is 5.75 Å². The lowest BCUT2D eigenvalue weighted by atomic mass is 9.88. The van der Waals surface area contributed by atoms with Crippen LogP contribution in [0, 0.1) is 11.8 Å². The smallest absolute Gasteiger partial charge is 0.222 e. The van der Waals surface area contributed by atoms with Crippen molar-refractivity contribution < 1.29 is 24.5 Å². The van der Waals surface area contributed by atoms with Gasteiger partial charge < -0.3 is 30.7 Å². The SMILES string of the molecule is CC[C@@H](CCC(C)C(=O)NCCc1ccc(OC)cc1)C[C@H]1O[C@@H](n2cnc3c(N)ncnc32)[C@@H](O)C1O. The molecule has 0 spiro atoms. The number of nitrogens with zero attached hydrogens (tertiary/aromatic N) is 4. The number of carbonyl (C=O) groups excluding carboxylic acids is 1. The molecule has 1 fully saturated rings. The molecule has 1 aliphatic heterocycles. The summed E-state index contributed by atoms with van der Waals surface area (Å²) in [5, 5.41) is 24.5. The molecule has 0 radical (unpaired) electrons. The molecule has 1 aromatic carbocycles. The fourth-order valence-electron chi connectivity index (χ4n) is 4.94. The van der Waals surface area contributed by atoms with Gasteiger partial charge in [-0.1, -0.05) is 32.4 Å². The van der Waals surface area contributed by atoms with Gasteiger partial charge in [0.15, 0.2) is 17.7 Å². The zero-order chi connectivity index (χ0) is 27.2. The number of carbonyl (C=O) groups is 1. The molecule has 0 aliphatic carbocycles. The van der Waals surface area contributed by atoms with Crippen LogP contribution in [0.15, 0.2) is 36.9 Å². The molecule has 5 N–H and O–H groups in total. The lowest BCUT2D eigenvalue weighted by molar-refractivity contribution is -0.124. The quantitative estimate of drug-likeness (QED) is 0.278. The number of nitrogens with two attached hydrogens (primary N) is 1. The molecule has 206 valence electrons. The first-order valence-corrected chi connectivity index (χ1v) is 13.2. The Morgan fingerprint density at radius 1 is 1.18 bits per heavy atom. The Morgan fingerprint density at radius 2 is 1.95 bits per heavy atom. The van der Waals surface area contributed by atoms with Crippen molar-refractivity contribution in [2.75, 3.05) is 19.4 Å². The van der Waals surface area contributed by atoms with Crippen LogP contribution in [0.5, 0.6) is 5.75 Å². The van der Waals surface area contributed by atoms with Crippen LogP contribution >= 0.6 is 0 Å². The van der Waals surface area contributed by atoms with E-state index in [4.69, 9.17) is 15.2 Å². The molecule has 1 amide bonds. The average molecular weight is 527 g/mol. The van der Waals surface area contributed by atoms with Gasteiger partial charge in [-0.15, -0.1) is 0 Å². The Kier molecular flexibility index (Phi) is 9.13. The lowest BCUT2D eigenvalue weighted by Gasteiger charge is -2.22. The van der Waals surface area contributed by atoms with Gasteiger partial charge in [0.1, 0.15) is 29.8 Å². The lowest BCUT2D eigenvalue weighted by Crippen LogP contribution is -2.33. The highest BCUT2D eigenvalue weighted by atomic mass is 16.6. The van der Waals surface area contributed by atoms with E-state index in [0.717, 1.165) is 37.0 Å². The van der Waals surface area contributed by atoms with Crippen LogP contribution < -0.4 is 15.8 Å². The van der Waals surface area contributed by atoms with Crippen LogP contribution in [0.2, 0.25) is 0 Å². The first-order chi connectivity index (χ1) is 18.3. The predicted octanol–water partition coefficient (Wildman–Crippen LogP) is 2.23. The number of nitrogens with one attached hydrogen (secondary N) is 1. The monoisotopic (exact) mass is 526 g/mol. The summed E-state index contributed by atoms with van der Waals surface area (Å²) in [4.78, 5) is 25.0. The number of methoxy groups -OCH3 is 1. The molecule has 1 aliphatic rings. The van der Waals surface area contributed by atoms with E-state index in [2.05, 4.69) is 27.2 Å². The van der Waals surface area contributed by atoms with Crippen molar-refractivity contribution in [1.82, 2.24) is 24.8 Å². The number of hydrogen-bond acceptors (Lipinski definition) is 9. The maximum atomic E-state index is 12.6. The van der Waals surface area contributed by atoms with Crippen LogP contribution in [0.25, 0.3) is 11.2 Å². The van der Waals surface area contributed by atoms with Crippen LogP contribution in [-0.2, 0) is 16.0 Å². The number of rotatable bonds is 12. The number of aromatic nitrogens is 4. The Hall–Kier alpha value is -3.28. The van der Waals surface area contributed by atoms with Gasteiger partial charge in [-0.05, 0) is 49.3 Å². The van der Waals surface area contributed by atoms with Gasteiger partial charge in [0.05, 0.1) is 19.5 Å². The highest BCUT2D eigenvalue weighted by Gasteiger charge is 2.44. The molecule has 11 nitrogen and oxygen atoms in total. The highest BCUT2D eigenvalue weighted by molar-refractivity contribution is 5.81. The molecule has 11 heteroatoms. The molecule has 1 saturated heterocycles. The second-order valence-corrected chi connectivity index (χ2v) is 10.0. The fraction of sp³-hybridized carbons (Fsp3) is 0.556. The molecule has 2 unspecified atom stereocenters. The first kappa shape index (κ1) is 27.7. The summed E-state index contributed by atoms with van der Waals surface area (Å²) in [5.41, 5.74) is 7.87. The van der Waals surface area contributed by atoms with Crippen molar-refractivity contribution in [3.63, 3.8) is 0 Å². The molecule has 6 atom stereocenters. The van der Waals surface area contributed by atoms with Gasteiger partial charge in [-0.2, -0.15) is 0 Å². The molecule has 4 rings (SSSR count). The number of amides is 1. The van der Waals surface area contributed by atoms with Crippen molar-refractivity contribution in [3.05, 3.63) is 42.5 Å². The molecule has 0 bridgehead atoms. The molecule has 3 heterocycles. The van der Waals surface area contributed by atoms with Crippen molar-refractivity contribution >= 4 is 22.9 Å². The zero-order valence-corrected chi connectivity index (χ0v) is 22.2. The number of nitrogen functional groups attached to an aromatic ring is 1. The maximum absolute atomic E-state index is 12.6. The van der Waals surface area contributed by atoms with Gasteiger partial charge in [0.25, 0.3) is 0 Å². The number of aliphatic hydroxyl groups is 2. The topological polar surface area (TPSA) is 158 Å². The van der Waals surface area contributed by atoms with Crippen LogP contribution in [0.1, 0.15) is 51.3 Å². The molecular weight excluding hydrogens is 488 g/mol. The van der Waals surface area contributed by atoms with E-state index in [1.807, 2.05) is 31.2 Å². The largest absolute Gasteiger partial charge is 0.497 e. The minimum atomic E-state index is -1.14. The van der Waals surface area contributed by atoms with Crippen molar-refractivity contribution in [2.24, 2.45) is 11.8 Å². The van der Waals surface area contributed by atoms with E-state index in [0.29, 0.717) is 24.1 Å². The van der Waals surface area contributed by atoms with E-state index >= 15 is 0 Å². The van der Waals surface area contributed by atoms with Gasteiger partial charge in [-0.25, -0.2) is 15.0 Å². The third kappa shape index (κ3) is 6.23. The number of imidazole rings is 1. The van der Waals surface area contributed by atoms with Crippen LogP contribution in [-0.4, -0.2) is 67.6 Å². The standard InChI is InChI=1S/C27H38N6O5/c1-4-17(6-5-16(2)26(36)29-12-11-18-7-9-19(37-3)10-8-18)13-20-22(34)23(35)27(38-20)33-15-32-21-24(28)30-14-31-25(21)33/h7-10,14-17,20,22-23,27,34-35H,4-6,11-13H2,1-3H3,(H,29,36)(H2,28,30,31)/t16?,17-,20+,22?,23-,27+/m0/s1. The summed E-state index contributed by atoms with van der Waals surface area (Å²) in [7, 11) is 1.64. The number of ether oxygens (including phenoxy) is 2. The van der Waals surface area contributed by atoms with Gasteiger partial charge in [-0.3, -0.25) is 9.36 Å². The highest BCUT2D eigenvalue weighted by Crippen LogP contribution is 2.36. The Bertz CT molecular complexity index is 1200.